The van der Waals surface area contributed by atoms with Crippen LogP contribution in [0.25, 0.3) is 0 Å². The molecule has 48 heavy (non-hydrogen) atoms. The van der Waals surface area contributed by atoms with Gasteiger partial charge < -0.3 is 75.4 Å². The number of rotatable bonds is 14. The Labute approximate surface area is 279 Å². The van der Waals surface area contributed by atoms with Crippen molar-refractivity contribution in [2.45, 2.75) is 113 Å². The number of carbonyl (C=O) groups is 3. The van der Waals surface area contributed by atoms with Crippen LogP contribution in [-0.2, 0) is 38.1 Å². The number of amides is 3. The first kappa shape index (κ1) is 40.4. The summed E-state index contributed by atoms with van der Waals surface area (Å²) < 4.78 is 29.4. The van der Waals surface area contributed by atoms with Crippen LogP contribution in [0.3, 0.4) is 0 Å². The van der Waals surface area contributed by atoms with E-state index in [9.17, 15) is 50.1 Å². The van der Waals surface area contributed by atoms with Gasteiger partial charge in [-0.3, -0.25) is 14.4 Å². The van der Waals surface area contributed by atoms with Gasteiger partial charge in [-0.2, -0.15) is 0 Å². The topological polar surface area (TPSA) is 275 Å². The lowest BCUT2D eigenvalue weighted by molar-refractivity contribution is -0.226. The third kappa shape index (κ3) is 9.79. The maximum atomic E-state index is 12.1. The number of carbonyl (C=O) groups excluding carboxylic acids is 3. The van der Waals surface area contributed by atoms with E-state index in [-0.39, 0.29) is 32.3 Å². The molecule has 3 amide bonds. The summed E-state index contributed by atoms with van der Waals surface area (Å²) in [4.78, 5) is 35.7. The molecule has 3 fully saturated rings. The second kappa shape index (κ2) is 17.7. The number of hydrogen-bond donors (Lipinski definition) is 10. The molecule has 3 aliphatic rings. The third-order valence-corrected chi connectivity index (χ3v) is 9.17. The van der Waals surface area contributed by atoms with Gasteiger partial charge in [0.25, 0.3) is 0 Å². The molecule has 0 aliphatic carbocycles. The molecule has 3 saturated heterocycles. The molecule has 0 bridgehead atoms. The van der Waals surface area contributed by atoms with Crippen molar-refractivity contribution >= 4 is 17.7 Å². The quantitative estimate of drug-likeness (QED) is 0.0814. The lowest BCUT2D eigenvalue weighted by atomic mass is 9.80. The first-order chi connectivity index (χ1) is 22.6. The minimum Gasteiger partial charge on any atom is -0.394 e. The van der Waals surface area contributed by atoms with Crippen molar-refractivity contribution in [1.29, 1.82) is 0 Å². The molecule has 18 nitrogen and oxygen atoms in total. The summed E-state index contributed by atoms with van der Waals surface area (Å²) in [7, 11) is 0. The van der Waals surface area contributed by atoms with Gasteiger partial charge in [-0.25, -0.2) is 0 Å². The van der Waals surface area contributed by atoms with E-state index in [1.807, 2.05) is 0 Å². The van der Waals surface area contributed by atoms with E-state index in [4.69, 9.17) is 23.7 Å². The van der Waals surface area contributed by atoms with Crippen molar-refractivity contribution in [3.8, 4) is 0 Å². The lowest BCUT2D eigenvalue weighted by Crippen LogP contribution is -2.67. The van der Waals surface area contributed by atoms with Gasteiger partial charge >= 0.3 is 0 Å². The van der Waals surface area contributed by atoms with E-state index < -0.39 is 122 Å². The smallest absolute Gasteiger partial charge is 0.217 e. The molecular formula is C30H53N3O15. The summed E-state index contributed by atoms with van der Waals surface area (Å²) in [6, 6.07) is -2.91. The molecule has 6 unspecified atom stereocenters. The molecule has 0 aromatic rings. The van der Waals surface area contributed by atoms with Crippen LogP contribution >= 0.6 is 0 Å². The Bertz CT molecular complexity index is 1070. The molecule has 10 N–H and O–H groups in total. The van der Waals surface area contributed by atoms with Crippen molar-refractivity contribution in [3.63, 3.8) is 0 Å². The fourth-order valence-electron chi connectivity index (χ4n) is 6.73. The Hall–Kier alpha value is -2.07. The fourth-order valence-corrected chi connectivity index (χ4v) is 6.73. The Morgan fingerprint density at radius 2 is 1.02 bits per heavy atom. The average Bonchev–Trinajstić information content (AvgIpc) is 3.01. The maximum absolute atomic E-state index is 12.1. The highest BCUT2D eigenvalue weighted by Gasteiger charge is 2.51. The Morgan fingerprint density at radius 3 is 1.48 bits per heavy atom. The number of aliphatic hydroxyl groups excluding tert-OH is 7. The third-order valence-electron chi connectivity index (χ3n) is 9.17. The van der Waals surface area contributed by atoms with Crippen molar-refractivity contribution in [2.75, 3.05) is 46.2 Å². The molecule has 0 spiro atoms. The summed E-state index contributed by atoms with van der Waals surface area (Å²) >= 11 is 0. The zero-order chi connectivity index (χ0) is 35.9. The van der Waals surface area contributed by atoms with E-state index in [1.54, 1.807) is 13.8 Å². The van der Waals surface area contributed by atoms with E-state index >= 15 is 0 Å². The molecule has 18 heteroatoms. The zero-order valence-electron chi connectivity index (χ0n) is 27.9. The number of ether oxygens (including phenoxy) is 5. The van der Waals surface area contributed by atoms with Gasteiger partial charge in [0.2, 0.25) is 17.7 Å². The molecule has 14 atom stereocenters. The minimum absolute atomic E-state index is 0.149. The van der Waals surface area contributed by atoms with Crippen LogP contribution < -0.4 is 16.0 Å². The van der Waals surface area contributed by atoms with Gasteiger partial charge in [0, 0.05) is 32.6 Å². The van der Waals surface area contributed by atoms with Crippen LogP contribution in [0, 0.1) is 11.8 Å². The first-order valence-corrected chi connectivity index (χ1v) is 16.1. The second-order valence-electron chi connectivity index (χ2n) is 13.2. The largest absolute Gasteiger partial charge is 0.394 e. The zero-order valence-corrected chi connectivity index (χ0v) is 27.9. The second-order valence-corrected chi connectivity index (χ2v) is 13.2. The summed E-state index contributed by atoms with van der Waals surface area (Å²) in [5, 5.41) is 80.9. The van der Waals surface area contributed by atoms with Gasteiger partial charge in [0.05, 0.1) is 94.4 Å². The standard InChI is InChI=1S/C30H53N3O15/c1-13(37)31-23-21(11-45-10-17-19(7-35)48-30(4,5)29(26(17)41)33-15(3)39)46-18(6-34)16(25(23)40)9-44-12-22-24(32-14(2)38)28(43)27(42)20(8-36)47-22/h16-29,34-36,40-43H,6-12H2,1-5H3,(H,31,37)(H,32,38)(H,33,39)/t16-,17-,18?,19?,20?,21-,22-,23?,24?,25-,26-,27-,28+,29?/m0/s1. The normalized spacial score (nSPS) is 39.8. The van der Waals surface area contributed by atoms with Gasteiger partial charge in [0.1, 0.15) is 30.5 Å². The highest BCUT2D eigenvalue weighted by molar-refractivity contribution is 5.74. The van der Waals surface area contributed by atoms with Crippen molar-refractivity contribution in [2.24, 2.45) is 11.8 Å². The van der Waals surface area contributed by atoms with Crippen molar-refractivity contribution in [1.82, 2.24) is 16.0 Å². The highest BCUT2D eigenvalue weighted by atomic mass is 16.6. The van der Waals surface area contributed by atoms with E-state index in [1.165, 1.54) is 20.8 Å². The van der Waals surface area contributed by atoms with Crippen LogP contribution in [0.2, 0.25) is 0 Å². The number of hydrogen-bond acceptors (Lipinski definition) is 15. The number of aliphatic hydroxyl groups is 7. The van der Waals surface area contributed by atoms with Crippen LogP contribution in [-0.4, -0.2) is 178 Å². The summed E-state index contributed by atoms with van der Waals surface area (Å²) in [6.45, 7) is 4.73. The van der Waals surface area contributed by atoms with E-state index in [0.29, 0.717) is 0 Å². The van der Waals surface area contributed by atoms with Crippen LogP contribution in [0.4, 0.5) is 0 Å². The van der Waals surface area contributed by atoms with Gasteiger partial charge in [-0.1, -0.05) is 0 Å². The van der Waals surface area contributed by atoms with E-state index in [0.717, 1.165) is 0 Å². The molecule has 278 valence electrons. The first-order valence-electron chi connectivity index (χ1n) is 16.1. The SMILES string of the molecule is CC(=O)NC1[C@H](COC[C@H]2C(CO)O[C@@H](COC[C@H]3C(CO)OC(C)(C)C(NC(C)=O)[C@H]3O)C(NC(C)=O)[C@H]2O)OC(CO)[C@H](O)[C@@H]1O. The maximum Gasteiger partial charge on any atom is 0.217 e. The molecule has 0 saturated carbocycles. The molecule has 3 aliphatic heterocycles. The predicted molar refractivity (Wildman–Crippen MR) is 163 cm³/mol. The molecule has 3 rings (SSSR count). The Kier molecular flexibility index (Phi) is 14.9. The van der Waals surface area contributed by atoms with Crippen molar-refractivity contribution < 1.29 is 73.8 Å². The van der Waals surface area contributed by atoms with Crippen molar-refractivity contribution in [3.05, 3.63) is 0 Å². The summed E-state index contributed by atoms with van der Waals surface area (Å²) in [5.74, 6) is -3.01. The molecule has 3 heterocycles. The number of nitrogens with one attached hydrogen (secondary N) is 3. The fraction of sp³-hybridized carbons (Fsp3) is 0.900. The summed E-state index contributed by atoms with van der Waals surface area (Å²) in [5.41, 5.74) is -0.997. The van der Waals surface area contributed by atoms with Crippen LogP contribution in [0.15, 0.2) is 0 Å². The molecule has 0 aromatic carbocycles. The van der Waals surface area contributed by atoms with Gasteiger partial charge in [-0.05, 0) is 13.8 Å². The minimum atomic E-state index is -1.47. The highest BCUT2D eigenvalue weighted by Crippen LogP contribution is 2.34. The molecule has 0 radical (unpaired) electrons. The van der Waals surface area contributed by atoms with E-state index in [2.05, 4.69) is 16.0 Å². The molecular weight excluding hydrogens is 642 g/mol. The Balaban J connectivity index is 1.68. The van der Waals surface area contributed by atoms with Crippen LogP contribution in [0.1, 0.15) is 34.6 Å². The molecule has 0 aromatic heterocycles. The van der Waals surface area contributed by atoms with Gasteiger partial charge in [0.15, 0.2) is 0 Å². The lowest BCUT2D eigenvalue weighted by Gasteiger charge is -2.49. The van der Waals surface area contributed by atoms with Crippen LogP contribution in [0.5, 0.6) is 0 Å². The monoisotopic (exact) mass is 695 g/mol. The summed E-state index contributed by atoms with van der Waals surface area (Å²) in [6.07, 6.45) is -10.3. The average molecular weight is 696 g/mol. The van der Waals surface area contributed by atoms with Gasteiger partial charge in [-0.15, -0.1) is 0 Å². The predicted octanol–water partition coefficient (Wildman–Crippen LogP) is -5.10. The Morgan fingerprint density at radius 1 is 0.583 bits per heavy atom.